The largest absolute Gasteiger partial charge is 0.413 e. The highest BCUT2D eigenvalue weighted by Crippen LogP contribution is 2.45. The van der Waals surface area contributed by atoms with Crippen molar-refractivity contribution in [2.75, 3.05) is 6.61 Å². The Morgan fingerprint density at radius 2 is 1.92 bits per heavy atom. The number of nitrogens with zero attached hydrogens (tertiary/aromatic N) is 1. The number of hydrogen-bond acceptors (Lipinski definition) is 6. The second kappa shape index (κ2) is 5.28. The number of hydrogen-bond donors (Lipinski definition) is 0. The van der Waals surface area contributed by atoms with E-state index in [4.69, 9.17) is 23.8 Å². The Hall–Kier alpha value is -1.44. The van der Waals surface area contributed by atoms with Crippen molar-refractivity contribution in [3.63, 3.8) is 0 Å². The normalized spacial score (nSPS) is 39.8. The Labute approximate surface area is 140 Å². The smallest absolute Gasteiger partial charge is 0.190 e. The number of rotatable bonds is 2. The van der Waals surface area contributed by atoms with Gasteiger partial charge in [0.05, 0.1) is 13.2 Å². The molecule has 5 rings (SSSR count). The molecule has 0 aromatic heterocycles. The molecule has 0 aliphatic carbocycles. The van der Waals surface area contributed by atoms with Crippen molar-refractivity contribution in [3.05, 3.63) is 47.7 Å². The Morgan fingerprint density at radius 3 is 2.75 bits per heavy atom. The van der Waals surface area contributed by atoms with Crippen LogP contribution in [-0.2, 0) is 30.3 Å². The predicted molar refractivity (Wildman–Crippen MR) is 83.4 cm³/mol. The highest BCUT2D eigenvalue weighted by atomic mass is 16.8. The number of ether oxygens (including phenoxy) is 4. The summed E-state index contributed by atoms with van der Waals surface area (Å²) >= 11 is 0. The van der Waals surface area contributed by atoms with Crippen LogP contribution in [0.2, 0.25) is 0 Å². The van der Waals surface area contributed by atoms with Gasteiger partial charge in [0.1, 0.15) is 30.6 Å². The molecule has 0 unspecified atom stereocenters. The third kappa shape index (κ3) is 2.29. The first-order valence-electron chi connectivity index (χ1n) is 8.40. The first kappa shape index (κ1) is 14.9. The average molecular weight is 331 g/mol. The number of fused-ring (bicyclic) bond motifs is 5. The van der Waals surface area contributed by atoms with Gasteiger partial charge in [0, 0.05) is 5.57 Å². The van der Waals surface area contributed by atoms with Crippen molar-refractivity contribution in [1.29, 1.82) is 0 Å². The van der Waals surface area contributed by atoms with E-state index in [0.717, 1.165) is 5.57 Å². The molecule has 5 atom stereocenters. The van der Waals surface area contributed by atoms with Gasteiger partial charge in [-0.15, -0.1) is 5.06 Å². The summed E-state index contributed by atoms with van der Waals surface area (Å²) in [4.78, 5) is 5.80. The van der Waals surface area contributed by atoms with Crippen LogP contribution >= 0.6 is 0 Å². The van der Waals surface area contributed by atoms with E-state index in [1.807, 2.05) is 37.1 Å². The van der Waals surface area contributed by atoms with Crippen molar-refractivity contribution in [1.82, 2.24) is 5.06 Å². The van der Waals surface area contributed by atoms with Gasteiger partial charge in [0.15, 0.2) is 12.1 Å². The molecule has 4 aliphatic rings. The predicted octanol–water partition coefficient (Wildman–Crippen LogP) is 1.96. The zero-order valence-electron chi connectivity index (χ0n) is 13.8. The van der Waals surface area contributed by atoms with Crippen LogP contribution in [0, 0.1) is 0 Å². The monoisotopic (exact) mass is 331 g/mol. The van der Waals surface area contributed by atoms with Crippen molar-refractivity contribution >= 4 is 0 Å². The first-order valence-corrected chi connectivity index (χ1v) is 8.40. The van der Waals surface area contributed by atoms with Gasteiger partial charge in [0.2, 0.25) is 0 Å². The lowest BCUT2D eigenvalue weighted by Crippen LogP contribution is -2.52. The molecule has 0 saturated carbocycles. The fourth-order valence-electron chi connectivity index (χ4n) is 3.99. The van der Waals surface area contributed by atoms with E-state index in [9.17, 15) is 0 Å². The molecule has 4 aliphatic heterocycles. The third-order valence-electron chi connectivity index (χ3n) is 4.99. The van der Waals surface area contributed by atoms with Crippen LogP contribution in [0.3, 0.4) is 0 Å². The molecule has 0 radical (unpaired) electrons. The van der Waals surface area contributed by atoms with Crippen LogP contribution in [0.25, 0.3) is 0 Å². The second-order valence-corrected chi connectivity index (χ2v) is 7.15. The molecule has 0 spiro atoms. The molecule has 3 saturated heterocycles. The molecule has 24 heavy (non-hydrogen) atoms. The van der Waals surface area contributed by atoms with Gasteiger partial charge in [-0.3, -0.25) is 0 Å². The van der Waals surface area contributed by atoms with E-state index in [-0.39, 0.29) is 30.6 Å². The van der Waals surface area contributed by atoms with E-state index in [1.54, 1.807) is 6.26 Å². The zero-order valence-corrected chi connectivity index (χ0v) is 13.8. The molecule has 3 fully saturated rings. The summed E-state index contributed by atoms with van der Waals surface area (Å²) in [6, 6.07) is 10.3. The van der Waals surface area contributed by atoms with Gasteiger partial charge in [-0.2, -0.15) is 0 Å². The van der Waals surface area contributed by atoms with Crippen LogP contribution in [0.15, 0.2) is 42.2 Å². The average Bonchev–Trinajstić information content (AvgIpc) is 3.18. The molecule has 128 valence electrons. The van der Waals surface area contributed by atoms with E-state index >= 15 is 0 Å². The summed E-state index contributed by atoms with van der Waals surface area (Å²) in [6.45, 7) is 5.03. The lowest BCUT2D eigenvalue weighted by atomic mass is 9.94. The summed E-state index contributed by atoms with van der Waals surface area (Å²) in [5.74, 6) is -0.629. The molecular weight excluding hydrogens is 310 g/mol. The van der Waals surface area contributed by atoms with Gasteiger partial charge in [-0.05, 0) is 19.4 Å². The van der Waals surface area contributed by atoms with Crippen LogP contribution < -0.4 is 0 Å². The van der Waals surface area contributed by atoms with Gasteiger partial charge < -0.3 is 23.8 Å². The molecule has 4 heterocycles. The first-order chi connectivity index (χ1) is 11.6. The summed E-state index contributed by atoms with van der Waals surface area (Å²) in [5, 5.41) is 1.97. The molecule has 0 amide bonds. The molecule has 6 nitrogen and oxygen atoms in total. The molecular formula is C18H21NO5. The highest BCUT2D eigenvalue weighted by molar-refractivity contribution is 5.23. The third-order valence-corrected chi connectivity index (χ3v) is 4.99. The van der Waals surface area contributed by atoms with Gasteiger partial charge >= 0.3 is 0 Å². The minimum absolute atomic E-state index is 0.0323. The lowest BCUT2D eigenvalue weighted by Gasteiger charge is -2.37. The topological polar surface area (TPSA) is 49.4 Å². The van der Waals surface area contributed by atoms with Crippen molar-refractivity contribution in [2.24, 2.45) is 0 Å². The van der Waals surface area contributed by atoms with Crippen molar-refractivity contribution in [2.45, 2.75) is 56.8 Å². The van der Waals surface area contributed by atoms with Crippen LogP contribution in [0.5, 0.6) is 0 Å². The highest BCUT2D eigenvalue weighted by Gasteiger charge is 2.61. The van der Waals surface area contributed by atoms with Crippen LogP contribution in [0.4, 0.5) is 0 Å². The van der Waals surface area contributed by atoms with Gasteiger partial charge in [0.25, 0.3) is 0 Å². The molecule has 0 N–H and O–H groups in total. The summed E-state index contributed by atoms with van der Waals surface area (Å²) in [6.07, 6.45) is 0.924. The van der Waals surface area contributed by atoms with Gasteiger partial charge in [-0.25, -0.2) is 0 Å². The molecule has 1 aromatic rings. The number of hydroxylamine groups is 2. The Bertz CT molecular complexity index is 661. The SMILES string of the molecule is CC1(C)O[C@H]2O[C@H]3[C@@H](OCC4=CON(Cc5ccccc5)[C@H]43)[C@H]2O1. The van der Waals surface area contributed by atoms with Gasteiger partial charge in [-0.1, -0.05) is 30.3 Å². The molecule has 1 aromatic carbocycles. The Balaban J connectivity index is 1.37. The maximum absolute atomic E-state index is 6.17. The summed E-state index contributed by atoms with van der Waals surface area (Å²) in [7, 11) is 0. The zero-order chi connectivity index (χ0) is 16.3. The maximum atomic E-state index is 6.17. The second-order valence-electron chi connectivity index (χ2n) is 7.15. The van der Waals surface area contributed by atoms with E-state index in [2.05, 4.69) is 12.1 Å². The quantitative estimate of drug-likeness (QED) is 0.826. The van der Waals surface area contributed by atoms with Crippen LogP contribution in [0.1, 0.15) is 19.4 Å². The fraction of sp³-hybridized carbons (Fsp3) is 0.556. The standard InChI is InChI=1S/C18H21NO5/c1-18(2)23-16-15-14(22-17(16)24-18)13-12(9-20-15)10-21-19(13)8-11-6-4-3-5-7-11/h3-7,10,13-17H,8-9H2,1-2H3/t13-,14-,15-,16-,17-/m1/s1. The minimum Gasteiger partial charge on any atom is -0.413 e. The van der Waals surface area contributed by atoms with Crippen molar-refractivity contribution < 1.29 is 23.8 Å². The number of benzene rings is 1. The minimum atomic E-state index is -0.629. The van der Waals surface area contributed by atoms with Crippen LogP contribution in [-0.4, -0.2) is 48.1 Å². The van der Waals surface area contributed by atoms with Crippen molar-refractivity contribution in [3.8, 4) is 0 Å². The Morgan fingerprint density at radius 1 is 1.08 bits per heavy atom. The summed E-state index contributed by atoms with van der Waals surface area (Å²) in [5.41, 5.74) is 2.30. The summed E-state index contributed by atoms with van der Waals surface area (Å²) < 4.78 is 24.0. The van der Waals surface area contributed by atoms with E-state index in [1.165, 1.54) is 5.56 Å². The lowest BCUT2D eigenvalue weighted by molar-refractivity contribution is -0.240. The molecule has 0 bridgehead atoms. The maximum Gasteiger partial charge on any atom is 0.190 e. The fourth-order valence-corrected chi connectivity index (χ4v) is 3.99. The van der Waals surface area contributed by atoms with E-state index < -0.39 is 5.79 Å². The molecule has 6 heteroatoms. The Kier molecular flexibility index (Phi) is 3.27. The van der Waals surface area contributed by atoms with E-state index in [0.29, 0.717) is 13.2 Å².